The Kier molecular flexibility index (Phi) is 5.46. The second-order valence-corrected chi connectivity index (χ2v) is 6.25. The van der Waals surface area contributed by atoms with Gasteiger partial charge in [-0.2, -0.15) is 0 Å². The van der Waals surface area contributed by atoms with Crippen LogP contribution in [0, 0.1) is 0 Å². The second-order valence-electron chi connectivity index (χ2n) is 6.25. The van der Waals surface area contributed by atoms with E-state index in [1.807, 2.05) is 0 Å². The second kappa shape index (κ2) is 6.88. The van der Waals surface area contributed by atoms with E-state index in [2.05, 4.69) is 35.9 Å². The van der Waals surface area contributed by atoms with Crippen molar-refractivity contribution in [1.29, 1.82) is 0 Å². The first-order valence-corrected chi connectivity index (χ1v) is 7.92. The molecule has 1 N–H and O–H groups in total. The van der Waals surface area contributed by atoms with Crippen LogP contribution in [-0.2, 0) is 0 Å². The van der Waals surface area contributed by atoms with Gasteiger partial charge in [0.2, 0.25) is 0 Å². The summed E-state index contributed by atoms with van der Waals surface area (Å²) in [6, 6.07) is 2.31. The number of rotatable bonds is 7. The highest BCUT2D eigenvalue weighted by atomic mass is 15.3. The minimum atomic E-state index is 0.671. The number of hydrogen-bond donors (Lipinski definition) is 1. The first kappa shape index (κ1) is 14.3. The van der Waals surface area contributed by atoms with Crippen LogP contribution in [0.15, 0.2) is 0 Å². The number of nitrogens with one attached hydrogen (secondary N) is 1. The van der Waals surface area contributed by atoms with E-state index in [0.29, 0.717) is 12.1 Å². The number of nitrogens with zero attached hydrogens (tertiary/aromatic N) is 2. The van der Waals surface area contributed by atoms with Crippen molar-refractivity contribution in [2.45, 2.75) is 64.6 Å². The molecule has 1 aliphatic carbocycles. The molecule has 1 saturated carbocycles. The molecule has 0 radical (unpaired) electrons. The molecule has 18 heavy (non-hydrogen) atoms. The maximum absolute atomic E-state index is 3.67. The molecule has 0 aromatic carbocycles. The molecule has 2 rings (SSSR count). The summed E-state index contributed by atoms with van der Waals surface area (Å²) in [4.78, 5) is 5.35. The number of hydrogen-bond acceptors (Lipinski definition) is 3. The zero-order chi connectivity index (χ0) is 13.0. The summed E-state index contributed by atoms with van der Waals surface area (Å²) in [5.41, 5.74) is 0. The van der Waals surface area contributed by atoms with Gasteiger partial charge in [0.25, 0.3) is 0 Å². The van der Waals surface area contributed by atoms with E-state index in [4.69, 9.17) is 0 Å². The third kappa shape index (κ3) is 4.22. The van der Waals surface area contributed by atoms with Crippen molar-refractivity contribution in [2.75, 3.05) is 32.7 Å². The van der Waals surface area contributed by atoms with Gasteiger partial charge < -0.3 is 5.32 Å². The molecule has 2 atom stereocenters. The number of piperazine rings is 1. The van der Waals surface area contributed by atoms with E-state index in [1.54, 1.807) is 0 Å². The third-order valence-corrected chi connectivity index (χ3v) is 4.52. The Morgan fingerprint density at radius 1 is 1.11 bits per heavy atom. The van der Waals surface area contributed by atoms with Crippen LogP contribution in [-0.4, -0.2) is 60.6 Å². The highest BCUT2D eigenvalue weighted by molar-refractivity contribution is 4.88. The van der Waals surface area contributed by atoms with Crippen LogP contribution in [0.1, 0.15) is 46.5 Å². The Morgan fingerprint density at radius 2 is 1.78 bits per heavy atom. The fourth-order valence-electron chi connectivity index (χ4n) is 3.02. The van der Waals surface area contributed by atoms with Gasteiger partial charge in [0.1, 0.15) is 0 Å². The van der Waals surface area contributed by atoms with Gasteiger partial charge in [-0.25, -0.2) is 0 Å². The molecular formula is C15H31N3. The third-order valence-electron chi connectivity index (χ3n) is 4.52. The molecule has 0 bridgehead atoms. The minimum absolute atomic E-state index is 0.671. The van der Waals surface area contributed by atoms with Crippen LogP contribution < -0.4 is 5.32 Å². The van der Waals surface area contributed by atoms with Crippen LogP contribution in [0.5, 0.6) is 0 Å². The van der Waals surface area contributed by atoms with Crippen molar-refractivity contribution in [2.24, 2.45) is 0 Å². The molecule has 2 unspecified atom stereocenters. The van der Waals surface area contributed by atoms with Gasteiger partial charge in [-0.3, -0.25) is 9.80 Å². The average Bonchev–Trinajstić information content (AvgIpc) is 3.21. The molecule has 2 fully saturated rings. The van der Waals surface area contributed by atoms with Gasteiger partial charge in [-0.05, 0) is 33.1 Å². The van der Waals surface area contributed by atoms with Crippen molar-refractivity contribution in [3.05, 3.63) is 0 Å². The lowest BCUT2D eigenvalue weighted by Gasteiger charge is -2.38. The van der Waals surface area contributed by atoms with E-state index in [-0.39, 0.29) is 0 Å². The topological polar surface area (TPSA) is 18.5 Å². The summed E-state index contributed by atoms with van der Waals surface area (Å²) < 4.78 is 0. The van der Waals surface area contributed by atoms with Crippen molar-refractivity contribution < 1.29 is 0 Å². The summed E-state index contributed by atoms with van der Waals surface area (Å²) in [5.74, 6) is 0. The van der Waals surface area contributed by atoms with Crippen molar-refractivity contribution in [1.82, 2.24) is 15.1 Å². The van der Waals surface area contributed by atoms with E-state index < -0.39 is 0 Å². The molecular weight excluding hydrogens is 222 g/mol. The zero-order valence-corrected chi connectivity index (χ0v) is 12.5. The smallest absolute Gasteiger partial charge is 0.0193 e. The maximum Gasteiger partial charge on any atom is 0.0193 e. The van der Waals surface area contributed by atoms with Gasteiger partial charge in [0, 0.05) is 50.8 Å². The normalized spacial score (nSPS) is 26.2. The van der Waals surface area contributed by atoms with Gasteiger partial charge in [0.05, 0.1) is 0 Å². The minimum Gasteiger partial charge on any atom is -0.313 e. The summed E-state index contributed by atoms with van der Waals surface area (Å²) in [7, 11) is 0. The van der Waals surface area contributed by atoms with Gasteiger partial charge in [-0.15, -0.1) is 0 Å². The Hall–Kier alpha value is -0.120. The maximum atomic E-state index is 3.67. The lowest BCUT2D eigenvalue weighted by molar-refractivity contribution is 0.0958. The summed E-state index contributed by atoms with van der Waals surface area (Å²) >= 11 is 0. The predicted octanol–water partition coefficient (Wildman–Crippen LogP) is 1.93. The van der Waals surface area contributed by atoms with Crippen LogP contribution in [0.3, 0.4) is 0 Å². The molecule has 1 aliphatic heterocycles. The van der Waals surface area contributed by atoms with Crippen molar-refractivity contribution in [3.8, 4) is 0 Å². The molecule has 0 amide bonds. The molecule has 0 aromatic rings. The average molecular weight is 253 g/mol. The highest BCUT2D eigenvalue weighted by Crippen LogP contribution is 2.27. The van der Waals surface area contributed by atoms with Crippen LogP contribution in [0.25, 0.3) is 0 Å². The molecule has 2 aliphatic rings. The fourth-order valence-corrected chi connectivity index (χ4v) is 3.02. The lowest BCUT2D eigenvalue weighted by atomic mass is 10.1. The van der Waals surface area contributed by atoms with Gasteiger partial charge in [-0.1, -0.05) is 13.3 Å². The van der Waals surface area contributed by atoms with E-state index in [0.717, 1.165) is 12.6 Å². The van der Waals surface area contributed by atoms with E-state index in [9.17, 15) is 0 Å². The molecule has 3 heteroatoms. The fraction of sp³-hybridized carbons (Fsp3) is 1.00. The Bertz CT molecular complexity index is 232. The first-order chi connectivity index (χ1) is 8.70. The Morgan fingerprint density at radius 3 is 2.33 bits per heavy atom. The lowest BCUT2D eigenvalue weighted by Crippen LogP contribution is -2.52. The van der Waals surface area contributed by atoms with Crippen molar-refractivity contribution in [3.63, 3.8) is 0 Å². The molecule has 1 saturated heterocycles. The molecule has 1 heterocycles. The quantitative estimate of drug-likeness (QED) is 0.748. The SMILES string of the molecule is CCCC(C)NCC(C)N1CCN(C2CC2)CC1. The van der Waals surface area contributed by atoms with Crippen LogP contribution in [0.2, 0.25) is 0 Å². The van der Waals surface area contributed by atoms with Crippen molar-refractivity contribution >= 4 is 0 Å². The Labute approximate surface area is 113 Å². The van der Waals surface area contributed by atoms with Crippen LogP contribution in [0.4, 0.5) is 0 Å². The highest BCUT2D eigenvalue weighted by Gasteiger charge is 2.31. The largest absolute Gasteiger partial charge is 0.313 e. The van der Waals surface area contributed by atoms with Gasteiger partial charge >= 0.3 is 0 Å². The summed E-state index contributed by atoms with van der Waals surface area (Å²) in [6.45, 7) is 13.2. The van der Waals surface area contributed by atoms with Gasteiger partial charge in [0.15, 0.2) is 0 Å². The first-order valence-electron chi connectivity index (χ1n) is 7.92. The zero-order valence-electron chi connectivity index (χ0n) is 12.5. The monoisotopic (exact) mass is 253 g/mol. The molecule has 106 valence electrons. The molecule has 0 spiro atoms. The van der Waals surface area contributed by atoms with Crippen LogP contribution >= 0.6 is 0 Å². The predicted molar refractivity (Wildman–Crippen MR) is 78.0 cm³/mol. The van der Waals surface area contributed by atoms with E-state index in [1.165, 1.54) is 51.9 Å². The standard InChI is InChI=1S/C15H31N3/c1-4-5-13(2)16-12-14(3)17-8-10-18(11-9-17)15-6-7-15/h13-16H,4-12H2,1-3H3. The Balaban J connectivity index is 1.62. The summed E-state index contributed by atoms with van der Waals surface area (Å²) in [5, 5.41) is 3.67. The van der Waals surface area contributed by atoms with E-state index >= 15 is 0 Å². The molecule has 3 nitrogen and oxygen atoms in total. The summed E-state index contributed by atoms with van der Waals surface area (Å²) in [6.07, 6.45) is 5.47. The molecule has 0 aromatic heterocycles.